The molecule has 86 valence electrons. The molecule has 0 fully saturated rings. The van der Waals surface area contributed by atoms with E-state index in [0.717, 1.165) is 0 Å². The number of alkyl halides is 1. The number of hydrogen-bond donors (Lipinski definition) is 1. The number of benzene rings is 1. The van der Waals surface area contributed by atoms with Gasteiger partial charge in [0.2, 0.25) is 0 Å². The first-order valence-electron chi connectivity index (χ1n) is 4.03. The van der Waals surface area contributed by atoms with E-state index in [2.05, 4.69) is 0 Å². The Bertz CT molecular complexity index is 333. The predicted molar refractivity (Wildman–Crippen MR) is 61.2 cm³/mol. The summed E-state index contributed by atoms with van der Waals surface area (Å²) in [5.74, 6) is -0.667. The summed E-state index contributed by atoms with van der Waals surface area (Å²) in [6.45, 7) is -0.622. The summed E-state index contributed by atoms with van der Waals surface area (Å²) < 4.78 is 25.4. The zero-order valence-electron chi connectivity index (χ0n) is 7.64. The Balaban J connectivity index is 0.00000196. The minimum atomic E-state index is -0.758. The van der Waals surface area contributed by atoms with Crippen LogP contribution in [0.4, 0.5) is 8.78 Å². The molecule has 0 aromatic heterocycles. The van der Waals surface area contributed by atoms with Crippen molar-refractivity contribution in [1.82, 2.24) is 0 Å². The zero-order chi connectivity index (χ0) is 10.7. The average Bonchev–Trinajstić information content (AvgIpc) is 2.13. The Kier molecular flexibility index (Phi) is 6.44. The topological polar surface area (TPSA) is 26.0 Å². The molecule has 0 amide bonds. The molecule has 0 saturated heterocycles. The van der Waals surface area contributed by atoms with Crippen molar-refractivity contribution >= 4 is 35.6 Å². The summed E-state index contributed by atoms with van der Waals surface area (Å²) in [6, 6.07) is 2.02. The third-order valence-corrected chi connectivity index (χ3v) is 2.49. The Hall–Kier alpha value is -0.0900. The Morgan fingerprint density at radius 2 is 1.80 bits per heavy atom. The standard InChI is InChI=1S/C9H9Cl2F2N.ClH/c10-5-1-2-6(11)9(13)8(5)7(14)3-4-12;/h1-2,7H,3-4,14H2;1H/t7-;/m0./s1. The highest BCUT2D eigenvalue weighted by Crippen LogP contribution is 2.30. The van der Waals surface area contributed by atoms with E-state index in [1.165, 1.54) is 12.1 Å². The van der Waals surface area contributed by atoms with Crippen molar-refractivity contribution in [2.45, 2.75) is 12.5 Å². The molecule has 0 heterocycles. The fourth-order valence-electron chi connectivity index (χ4n) is 1.14. The molecule has 0 aliphatic carbocycles. The van der Waals surface area contributed by atoms with Crippen molar-refractivity contribution in [2.24, 2.45) is 5.73 Å². The van der Waals surface area contributed by atoms with Gasteiger partial charge in [-0.2, -0.15) is 0 Å². The number of rotatable bonds is 3. The second kappa shape index (κ2) is 6.48. The number of halogens is 5. The van der Waals surface area contributed by atoms with E-state index >= 15 is 0 Å². The summed E-state index contributed by atoms with van der Waals surface area (Å²) >= 11 is 11.3. The van der Waals surface area contributed by atoms with E-state index in [1.807, 2.05) is 0 Å². The molecule has 1 atom stereocenters. The lowest BCUT2D eigenvalue weighted by Gasteiger charge is -2.13. The molecule has 0 saturated carbocycles. The van der Waals surface area contributed by atoms with Gasteiger partial charge < -0.3 is 5.73 Å². The smallest absolute Gasteiger partial charge is 0.148 e. The van der Waals surface area contributed by atoms with Crippen LogP contribution in [-0.4, -0.2) is 6.67 Å². The molecule has 0 aliphatic heterocycles. The molecule has 0 aliphatic rings. The second-order valence-electron chi connectivity index (χ2n) is 2.84. The van der Waals surface area contributed by atoms with Crippen LogP contribution in [0.15, 0.2) is 12.1 Å². The highest BCUT2D eigenvalue weighted by atomic mass is 35.5. The van der Waals surface area contributed by atoms with Crippen molar-refractivity contribution in [3.63, 3.8) is 0 Å². The largest absolute Gasteiger partial charge is 0.324 e. The zero-order valence-corrected chi connectivity index (χ0v) is 9.97. The minimum Gasteiger partial charge on any atom is -0.324 e. The van der Waals surface area contributed by atoms with Gasteiger partial charge in [0.25, 0.3) is 0 Å². The monoisotopic (exact) mass is 275 g/mol. The van der Waals surface area contributed by atoms with E-state index < -0.39 is 18.5 Å². The van der Waals surface area contributed by atoms with Crippen LogP contribution in [0.5, 0.6) is 0 Å². The van der Waals surface area contributed by atoms with E-state index in [-0.39, 0.29) is 34.4 Å². The van der Waals surface area contributed by atoms with Gasteiger partial charge >= 0.3 is 0 Å². The molecule has 6 heteroatoms. The maximum absolute atomic E-state index is 13.4. The Morgan fingerprint density at radius 3 is 2.33 bits per heavy atom. The van der Waals surface area contributed by atoms with Crippen molar-refractivity contribution < 1.29 is 8.78 Å². The van der Waals surface area contributed by atoms with E-state index in [1.54, 1.807) is 0 Å². The molecule has 0 unspecified atom stereocenters. The number of hydrogen-bond acceptors (Lipinski definition) is 1. The third kappa shape index (κ3) is 3.45. The Morgan fingerprint density at radius 1 is 1.27 bits per heavy atom. The predicted octanol–water partition coefficient (Wildman–Crippen LogP) is 3.91. The van der Waals surface area contributed by atoms with Gasteiger partial charge in [0, 0.05) is 16.6 Å². The minimum absolute atomic E-state index is 0. The summed E-state index contributed by atoms with van der Waals surface area (Å²) in [7, 11) is 0. The second-order valence-corrected chi connectivity index (χ2v) is 3.66. The van der Waals surface area contributed by atoms with Gasteiger partial charge in [-0.3, -0.25) is 4.39 Å². The maximum Gasteiger partial charge on any atom is 0.148 e. The molecule has 1 aromatic rings. The van der Waals surface area contributed by atoms with Gasteiger partial charge in [0.1, 0.15) is 5.82 Å². The van der Waals surface area contributed by atoms with Crippen molar-refractivity contribution in [3.05, 3.63) is 33.6 Å². The van der Waals surface area contributed by atoms with Gasteiger partial charge in [-0.15, -0.1) is 12.4 Å². The van der Waals surface area contributed by atoms with Crippen LogP contribution in [0, 0.1) is 5.82 Å². The molecule has 0 bridgehead atoms. The van der Waals surface area contributed by atoms with Crippen molar-refractivity contribution in [2.75, 3.05) is 6.67 Å². The van der Waals surface area contributed by atoms with Crippen LogP contribution in [0.25, 0.3) is 0 Å². The summed E-state index contributed by atoms with van der Waals surface area (Å²) in [6.07, 6.45) is 0.0248. The van der Waals surface area contributed by atoms with E-state index in [9.17, 15) is 8.78 Å². The fourth-order valence-corrected chi connectivity index (χ4v) is 1.60. The van der Waals surface area contributed by atoms with Crippen LogP contribution < -0.4 is 5.73 Å². The molecule has 1 nitrogen and oxygen atoms in total. The molecule has 0 spiro atoms. The number of nitrogens with two attached hydrogens (primary N) is 1. The van der Waals surface area contributed by atoms with Crippen LogP contribution in [0.2, 0.25) is 10.0 Å². The van der Waals surface area contributed by atoms with Gasteiger partial charge in [0.05, 0.1) is 11.7 Å². The van der Waals surface area contributed by atoms with Crippen molar-refractivity contribution in [3.8, 4) is 0 Å². The van der Waals surface area contributed by atoms with Gasteiger partial charge in [-0.05, 0) is 18.6 Å². The molecule has 15 heavy (non-hydrogen) atoms. The first-order chi connectivity index (χ1) is 6.57. The van der Waals surface area contributed by atoms with Crippen molar-refractivity contribution in [1.29, 1.82) is 0 Å². The fraction of sp³-hybridized carbons (Fsp3) is 0.333. The van der Waals surface area contributed by atoms with E-state index in [0.29, 0.717) is 0 Å². The van der Waals surface area contributed by atoms with Crippen LogP contribution in [0.1, 0.15) is 18.0 Å². The quantitative estimate of drug-likeness (QED) is 0.832. The highest BCUT2D eigenvalue weighted by molar-refractivity contribution is 6.33. The summed E-state index contributed by atoms with van der Waals surface area (Å²) in [4.78, 5) is 0. The van der Waals surface area contributed by atoms with Gasteiger partial charge in [-0.1, -0.05) is 23.2 Å². The Labute approximate surface area is 103 Å². The van der Waals surface area contributed by atoms with Gasteiger partial charge in [0.15, 0.2) is 0 Å². The van der Waals surface area contributed by atoms with E-state index in [4.69, 9.17) is 28.9 Å². The summed E-state index contributed by atoms with van der Waals surface area (Å²) in [5, 5.41) is 0.117. The molecule has 0 radical (unpaired) electrons. The normalized spacial score (nSPS) is 12.1. The molecule has 2 N–H and O–H groups in total. The molecule has 1 rings (SSSR count). The van der Waals surface area contributed by atoms with Crippen LogP contribution in [-0.2, 0) is 0 Å². The first-order valence-corrected chi connectivity index (χ1v) is 4.78. The lowest BCUT2D eigenvalue weighted by Crippen LogP contribution is -2.13. The SMILES string of the molecule is Cl.N[C@@H](CCF)c1c(Cl)ccc(Cl)c1F. The van der Waals surface area contributed by atoms with Gasteiger partial charge in [-0.25, -0.2) is 4.39 Å². The third-order valence-electron chi connectivity index (χ3n) is 1.87. The highest BCUT2D eigenvalue weighted by Gasteiger charge is 2.17. The average molecular weight is 277 g/mol. The maximum atomic E-state index is 13.4. The lowest BCUT2D eigenvalue weighted by atomic mass is 10.0. The summed E-state index contributed by atoms with van der Waals surface area (Å²) in [5.41, 5.74) is 5.63. The molecule has 1 aromatic carbocycles. The van der Waals surface area contributed by atoms with Crippen LogP contribution >= 0.6 is 35.6 Å². The lowest BCUT2D eigenvalue weighted by molar-refractivity contribution is 0.435. The first kappa shape index (κ1) is 14.9. The molecular formula is C9H10Cl3F2N. The molecular weight excluding hydrogens is 266 g/mol. The van der Waals surface area contributed by atoms with Crippen LogP contribution in [0.3, 0.4) is 0 Å².